The van der Waals surface area contributed by atoms with Crippen LogP contribution in [-0.4, -0.2) is 28.3 Å². The lowest BCUT2D eigenvalue weighted by atomic mass is 10.1. The molecule has 0 radical (unpaired) electrons. The van der Waals surface area contributed by atoms with Gasteiger partial charge < -0.3 is 4.57 Å². The van der Waals surface area contributed by atoms with Crippen LogP contribution in [0.5, 0.6) is 0 Å². The van der Waals surface area contributed by atoms with E-state index in [0.29, 0.717) is 6.42 Å². The van der Waals surface area contributed by atoms with Crippen LogP contribution in [-0.2, 0) is 18.4 Å². The summed E-state index contributed by atoms with van der Waals surface area (Å²) < 4.78 is 2.71. The highest BCUT2D eigenvalue weighted by Gasteiger charge is 2.15. The van der Waals surface area contributed by atoms with Gasteiger partial charge in [0.25, 0.3) is 5.56 Å². The number of carbonyl (C=O) groups is 1. The number of carbonyl (C=O) groups excluding carboxylic acids is 1. The summed E-state index contributed by atoms with van der Waals surface area (Å²) in [7, 11) is 1.81. The normalized spacial score (nSPS) is 10.9. The molecule has 0 aliphatic heterocycles. The molecular formula is C24H26N2O2S. The Bertz CT molecular complexity index is 1120. The molecule has 3 rings (SSSR count). The van der Waals surface area contributed by atoms with Crippen molar-refractivity contribution in [3.8, 4) is 23.0 Å². The van der Waals surface area contributed by atoms with Gasteiger partial charge in [-0.15, -0.1) is 11.3 Å². The molecule has 0 aliphatic carbocycles. The van der Waals surface area contributed by atoms with Gasteiger partial charge in [0.05, 0.1) is 5.39 Å². The van der Waals surface area contributed by atoms with Crippen molar-refractivity contribution in [3.05, 3.63) is 57.8 Å². The van der Waals surface area contributed by atoms with E-state index in [0.717, 1.165) is 47.3 Å². The van der Waals surface area contributed by atoms with E-state index in [1.165, 1.54) is 11.8 Å². The van der Waals surface area contributed by atoms with Crippen molar-refractivity contribution in [2.45, 2.75) is 33.2 Å². The number of ketones is 1. The molecule has 0 unspecified atom stereocenters. The number of benzene rings is 1. The minimum atomic E-state index is -0.0964. The Morgan fingerprint density at radius 1 is 1.21 bits per heavy atom. The van der Waals surface area contributed by atoms with E-state index in [1.54, 1.807) is 15.9 Å². The van der Waals surface area contributed by atoms with Crippen LogP contribution in [0.1, 0.15) is 31.6 Å². The Labute approximate surface area is 175 Å². The third-order valence-corrected chi connectivity index (χ3v) is 5.88. The van der Waals surface area contributed by atoms with Gasteiger partial charge in [-0.3, -0.25) is 14.5 Å². The number of pyridine rings is 1. The van der Waals surface area contributed by atoms with Crippen molar-refractivity contribution >= 4 is 27.2 Å². The minimum Gasteiger partial charge on any atom is -0.317 e. The van der Waals surface area contributed by atoms with Gasteiger partial charge in [-0.25, -0.2) is 0 Å². The zero-order valence-corrected chi connectivity index (χ0v) is 18.0. The van der Waals surface area contributed by atoms with Crippen LogP contribution in [0.25, 0.3) is 21.2 Å². The van der Waals surface area contributed by atoms with Crippen molar-refractivity contribution in [1.29, 1.82) is 0 Å². The molecule has 0 aliphatic rings. The van der Waals surface area contributed by atoms with Gasteiger partial charge in [0, 0.05) is 54.8 Å². The Morgan fingerprint density at radius 3 is 2.66 bits per heavy atom. The summed E-state index contributed by atoms with van der Waals surface area (Å²) in [6, 6.07) is 12.2. The number of hydrogen-bond acceptors (Lipinski definition) is 4. The van der Waals surface area contributed by atoms with Crippen molar-refractivity contribution in [1.82, 2.24) is 9.47 Å². The fraction of sp³-hybridized carbons (Fsp3) is 0.333. The number of thiophene rings is 1. The lowest BCUT2D eigenvalue weighted by Gasteiger charge is -2.19. The second-order valence-electron chi connectivity index (χ2n) is 7.16. The zero-order valence-electron chi connectivity index (χ0n) is 17.2. The molecule has 5 heteroatoms. The summed E-state index contributed by atoms with van der Waals surface area (Å²) in [5.74, 6) is 5.46. The summed E-state index contributed by atoms with van der Waals surface area (Å²) in [5.41, 5.74) is 2.25. The average Bonchev–Trinajstić information content (AvgIpc) is 3.12. The first kappa shape index (κ1) is 21.0. The van der Waals surface area contributed by atoms with Crippen molar-refractivity contribution < 1.29 is 4.79 Å². The average molecular weight is 407 g/mol. The maximum Gasteiger partial charge on any atom is 0.259 e. The third kappa shape index (κ3) is 5.23. The van der Waals surface area contributed by atoms with Crippen LogP contribution < -0.4 is 5.56 Å². The second-order valence-corrected chi connectivity index (χ2v) is 8.30. The van der Waals surface area contributed by atoms with Crippen molar-refractivity contribution in [2.24, 2.45) is 7.05 Å². The molecule has 2 aromatic heterocycles. The number of aromatic nitrogens is 1. The predicted octanol–water partition coefficient (Wildman–Crippen LogP) is 4.46. The Kier molecular flexibility index (Phi) is 7.03. The van der Waals surface area contributed by atoms with E-state index in [4.69, 9.17) is 0 Å². The number of hydrogen-bond donors (Lipinski definition) is 0. The molecule has 4 nitrogen and oxygen atoms in total. The van der Waals surface area contributed by atoms with Gasteiger partial charge in [-0.1, -0.05) is 43.2 Å². The zero-order chi connectivity index (χ0) is 20.8. The summed E-state index contributed by atoms with van der Waals surface area (Å²) in [5, 5.41) is 0.779. The standard InChI is InChI=1S/C24H26N2O2S/c1-4-13-26(14-9-8-10-18(2)27)16-20-15-21-23(29-20)22(17-25(3)24(21)28)19-11-6-5-7-12-19/h5-7,11-12,15,17H,4,9,13-14,16H2,1-3H3. The van der Waals surface area contributed by atoms with Gasteiger partial charge in [-0.2, -0.15) is 0 Å². The molecule has 0 saturated heterocycles. The maximum atomic E-state index is 12.7. The van der Waals surface area contributed by atoms with Gasteiger partial charge in [0.2, 0.25) is 5.78 Å². The van der Waals surface area contributed by atoms with Gasteiger partial charge in [0.15, 0.2) is 0 Å². The quantitative estimate of drug-likeness (QED) is 0.430. The predicted molar refractivity (Wildman–Crippen MR) is 121 cm³/mol. The number of nitrogens with zero attached hydrogens (tertiary/aromatic N) is 2. The molecule has 3 aromatic rings. The smallest absolute Gasteiger partial charge is 0.259 e. The molecule has 0 spiro atoms. The van der Waals surface area contributed by atoms with E-state index in [1.807, 2.05) is 37.5 Å². The first-order valence-electron chi connectivity index (χ1n) is 9.89. The van der Waals surface area contributed by atoms with Crippen LogP contribution >= 0.6 is 11.3 Å². The van der Waals surface area contributed by atoms with E-state index in [-0.39, 0.29) is 11.3 Å². The molecule has 150 valence electrons. The Hall–Kier alpha value is -2.68. The van der Waals surface area contributed by atoms with Gasteiger partial charge >= 0.3 is 0 Å². The molecule has 0 atom stereocenters. The van der Waals surface area contributed by atoms with Crippen molar-refractivity contribution in [2.75, 3.05) is 13.1 Å². The monoisotopic (exact) mass is 406 g/mol. The number of aryl methyl sites for hydroxylation is 1. The fourth-order valence-corrected chi connectivity index (χ4v) is 4.63. The number of fused-ring (bicyclic) bond motifs is 1. The highest BCUT2D eigenvalue weighted by Crippen LogP contribution is 2.33. The summed E-state index contributed by atoms with van der Waals surface area (Å²) >= 11 is 1.69. The first-order chi connectivity index (χ1) is 14.0. The van der Waals surface area contributed by atoms with Crippen LogP contribution in [0, 0.1) is 11.8 Å². The van der Waals surface area contributed by atoms with Crippen molar-refractivity contribution in [3.63, 3.8) is 0 Å². The highest BCUT2D eigenvalue weighted by molar-refractivity contribution is 7.19. The second kappa shape index (κ2) is 9.69. The van der Waals surface area contributed by atoms with E-state index in [9.17, 15) is 9.59 Å². The highest BCUT2D eigenvalue weighted by atomic mass is 32.1. The fourth-order valence-electron chi connectivity index (χ4n) is 3.41. The molecule has 0 fully saturated rings. The van der Waals surface area contributed by atoms with E-state index < -0.39 is 0 Å². The molecule has 0 saturated carbocycles. The molecule has 0 amide bonds. The van der Waals surface area contributed by atoms with Crippen LogP contribution in [0.4, 0.5) is 0 Å². The lowest BCUT2D eigenvalue weighted by Crippen LogP contribution is -2.24. The van der Waals surface area contributed by atoms with Gasteiger partial charge in [0.1, 0.15) is 0 Å². The van der Waals surface area contributed by atoms with Crippen LogP contribution in [0.15, 0.2) is 47.4 Å². The lowest BCUT2D eigenvalue weighted by molar-refractivity contribution is -0.111. The largest absolute Gasteiger partial charge is 0.317 e. The summed E-state index contributed by atoms with van der Waals surface area (Å²) in [6.07, 6.45) is 3.64. The molecule has 0 bridgehead atoms. The third-order valence-electron chi connectivity index (χ3n) is 4.72. The molecule has 29 heavy (non-hydrogen) atoms. The maximum absolute atomic E-state index is 12.7. The van der Waals surface area contributed by atoms with Crippen LogP contribution in [0.3, 0.4) is 0 Å². The Balaban J connectivity index is 1.92. The molecule has 2 heterocycles. The number of rotatable bonds is 7. The molecule has 0 N–H and O–H groups in total. The number of Topliss-reactive ketones (excluding diaryl/α,β-unsaturated/α-hetero) is 1. The van der Waals surface area contributed by atoms with E-state index >= 15 is 0 Å². The van der Waals surface area contributed by atoms with Gasteiger partial charge in [-0.05, 0) is 30.5 Å². The minimum absolute atomic E-state index is 0.0385. The summed E-state index contributed by atoms with van der Waals surface area (Å²) in [4.78, 5) is 27.2. The van der Waals surface area contributed by atoms with E-state index in [2.05, 4.69) is 35.8 Å². The molecule has 1 aromatic carbocycles. The first-order valence-corrected chi connectivity index (χ1v) is 10.7. The molecular weight excluding hydrogens is 380 g/mol. The summed E-state index contributed by atoms with van der Waals surface area (Å²) in [6.45, 7) is 6.19. The van der Waals surface area contributed by atoms with Crippen LogP contribution in [0.2, 0.25) is 0 Å². The Morgan fingerprint density at radius 2 is 1.97 bits per heavy atom. The SMILES string of the molecule is CCCN(CCC#CC(C)=O)Cc1cc2c(=O)n(C)cc(-c3ccccc3)c2s1. The topological polar surface area (TPSA) is 42.3 Å².